The second-order valence-corrected chi connectivity index (χ2v) is 10.8. The van der Waals surface area contributed by atoms with Crippen LogP contribution in [0.2, 0.25) is 0 Å². The second-order valence-electron chi connectivity index (χ2n) is 10.8. The van der Waals surface area contributed by atoms with Crippen LogP contribution in [-0.2, 0) is 9.53 Å². The van der Waals surface area contributed by atoms with Crippen molar-refractivity contribution in [3.63, 3.8) is 0 Å². The molecule has 6 rings (SSSR count). The largest absolute Gasteiger partial charge is 0.368 e. The first kappa shape index (κ1) is 28.2. The van der Waals surface area contributed by atoms with Crippen molar-refractivity contribution in [1.82, 2.24) is 45.2 Å². The van der Waals surface area contributed by atoms with Crippen LogP contribution in [0.1, 0.15) is 61.5 Å². The van der Waals surface area contributed by atoms with E-state index in [0.29, 0.717) is 59.7 Å². The summed E-state index contributed by atoms with van der Waals surface area (Å²) in [5, 5.41) is 17.7. The van der Waals surface area contributed by atoms with E-state index in [-0.39, 0.29) is 23.4 Å². The van der Waals surface area contributed by atoms with E-state index in [1.165, 1.54) is 17.2 Å². The van der Waals surface area contributed by atoms with Gasteiger partial charge < -0.3 is 20.4 Å². The minimum absolute atomic E-state index is 0.0446. The number of hydrogen-bond donors (Lipinski definition) is 4. The van der Waals surface area contributed by atoms with Gasteiger partial charge in [-0.2, -0.15) is 10.2 Å². The second kappa shape index (κ2) is 11.4. The number of H-pyrrole nitrogens is 2. The molecule has 5 aromatic rings. The SMILES string of the molecule is COC1(C(=O)N[C@@H](C)c2ccc(-n3cc(F)cn3)nc2)CCC(c2nc(Nc3cc(C)[nH]n3)cc3c(=O)[nH]cnc23)CC1. The number of amides is 1. The third kappa shape index (κ3) is 5.60. The molecule has 1 aliphatic carbocycles. The lowest BCUT2D eigenvalue weighted by atomic mass is 9.76. The average molecular weight is 587 g/mol. The number of carbonyl (C=O) groups excluding carboxylic acids is 1. The van der Waals surface area contributed by atoms with Crippen LogP contribution in [0.5, 0.6) is 0 Å². The number of fused-ring (bicyclic) bond motifs is 1. The highest BCUT2D eigenvalue weighted by molar-refractivity contribution is 5.86. The molecular weight excluding hydrogens is 555 g/mol. The molecule has 43 heavy (non-hydrogen) atoms. The van der Waals surface area contributed by atoms with Crippen LogP contribution in [0.3, 0.4) is 0 Å². The lowest BCUT2D eigenvalue weighted by Crippen LogP contribution is -2.50. The van der Waals surface area contributed by atoms with Crippen molar-refractivity contribution in [1.29, 1.82) is 0 Å². The van der Waals surface area contributed by atoms with Gasteiger partial charge in [-0.3, -0.25) is 14.7 Å². The smallest absolute Gasteiger partial charge is 0.258 e. The van der Waals surface area contributed by atoms with E-state index in [9.17, 15) is 14.0 Å². The molecule has 14 heteroatoms. The number of anilines is 2. The van der Waals surface area contributed by atoms with Gasteiger partial charge in [-0.05, 0) is 57.2 Å². The number of halogens is 1. The number of ether oxygens (including phenoxy) is 1. The zero-order valence-electron chi connectivity index (χ0n) is 23.9. The normalized spacial score (nSPS) is 19.3. The number of aromatic nitrogens is 8. The monoisotopic (exact) mass is 586 g/mol. The summed E-state index contributed by atoms with van der Waals surface area (Å²) >= 11 is 0. The van der Waals surface area contributed by atoms with Crippen LogP contribution in [0, 0.1) is 12.7 Å². The third-order valence-corrected chi connectivity index (χ3v) is 8.00. The number of methoxy groups -OCH3 is 1. The fraction of sp³-hybridized carbons (Fsp3) is 0.345. The molecular formula is C29H31FN10O3. The molecule has 13 nitrogen and oxygen atoms in total. The molecule has 0 radical (unpaired) electrons. The van der Waals surface area contributed by atoms with E-state index in [0.717, 1.165) is 17.5 Å². The number of aryl methyl sites for hydroxylation is 1. The van der Waals surface area contributed by atoms with E-state index in [1.807, 2.05) is 26.0 Å². The van der Waals surface area contributed by atoms with E-state index >= 15 is 0 Å². The Hall–Kier alpha value is -4.98. The van der Waals surface area contributed by atoms with Gasteiger partial charge in [0, 0.05) is 31.0 Å². The first-order chi connectivity index (χ1) is 20.7. The van der Waals surface area contributed by atoms with Gasteiger partial charge in [0.1, 0.15) is 11.4 Å². The van der Waals surface area contributed by atoms with Gasteiger partial charge in [0.2, 0.25) is 0 Å². The predicted octanol–water partition coefficient (Wildman–Crippen LogP) is 3.73. The zero-order valence-corrected chi connectivity index (χ0v) is 23.9. The summed E-state index contributed by atoms with van der Waals surface area (Å²) < 4.78 is 20.5. The van der Waals surface area contributed by atoms with Crippen molar-refractivity contribution < 1.29 is 13.9 Å². The minimum atomic E-state index is -1.02. The fourth-order valence-corrected chi connectivity index (χ4v) is 5.57. The molecule has 1 atom stereocenters. The summed E-state index contributed by atoms with van der Waals surface area (Å²) in [5.41, 5.74) is 1.62. The van der Waals surface area contributed by atoms with E-state index < -0.39 is 11.4 Å². The summed E-state index contributed by atoms with van der Waals surface area (Å²) in [7, 11) is 1.55. The van der Waals surface area contributed by atoms with Crippen LogP contribution < -0.4 is 16.2 Å². The van der Waals surface area contributed by atoms with Crippen molar-refractivity contribution in [2.75, 3.05) is 12.4 Å². The van der Waals surface area contributed by atoms with Gasteiger partial charge in [-0.15, -0.1) is 0 Å². The van der Waals surface area contributed by atoms with Gasteiger partial charge in [0.05, 0.1) is 41.4 Å². The zero-order chi connectivity index (χ0) is 30.1. The number of aromatic amines is 2. The standard InChI is InChI=1S/C29H31FN10O3/c1-16-10-23(39-38-16)36-22-11-21-26(32-15-33-27(21)41)25(37-22)18-6-8-29(43-3,9-7-18)28(42)35-17(2)19-4-5-24(31-12-19)40-14-20(30)13-34-40/h4-5,10-15,17-18H,6-9H2,1-3H3,(H,35,42)(H,32,33,41)(H2,36,37,38,39)/t17-,18?,29?/m0/s1. The number of rotatable bonds is 8. The van der Waals surface area contributed by atoms with Crippen LogP contribution in [0.15, 0.2) is 54.0 Å². The Bertz CT molecular complexity index is 1820. The molecule has 1 fully saturated rings. The van der Waals surface area contributed by atoms with Gasteiger partial charge >= 0.3 is 0 Å². The molecule has 0 unspecified atom stereocenters. The lowest BCUT2D eigenvalue weighted by molar-refractivity contribution is -0.148. The number of nitrogens with zero attached hydrogens (tertiary/aromatic N) is 6. The highest BCUT2D eigenvalue weighted by Gasteiger charge is 2.43. The van der Waals surface area contributed by atoms with Crippen LogP contribution in [0.25, 0.3) is 16.7 Å². The van der Waals surface area contributed by atoms with Crippen molar-refractivity contribution in [2.24, 2.45) is 0 Å². The Morgan fingerprint density at radius 2 is 2.00 bits per heavy atom. The van der Waals surface area contributed by atoms with Crippen molar-refractivity contribution in [2.45, 2.75) is 57.1 Å². The molecule has 0 aromatic carbocycles. The molecule has 222 valence electrons. The average Bonchev–Trinajstić information content (AvgIpc) is 3.64. The molecule has 1 aliphatic rings. The molecule has 0 bridgehead atoms. The Morgan fingerprint density at radius 1 is 1.19 bits per heavy atom. The molecule has 0 saturated heterocycles. The molecule has 1 amide bonds. The summed E-state index contributed by atoms with van der Waals surface area (Å²) in [6, 6.07) is 6.70. The number of hydrogen-bond acceptors (Lipinski definition) is 9. The van der Waals surface area contributed by atoms with Crippen LogP contribution >= 0.6 is 0 Å². The predicted molar refractivity (Wildman–Crippen MR) is 156 cm³/mol. The highest BCUT2D eigenvalue weighted by Crippen LogP contribution is 2.41. The Labute approximate surface area is 245 Å². The van der Waals surface area contributed by atoms with Crippen molar-refractivity contribution in [3.05, 3.63) is 82.3 Å². The summed E-state index contributed by atoms with van der Waals surface area (Å²) in [4.78, 5) is 42.6. The fourth-order valence-electron chi connectivity index (χ4n) is 5.57. The molecule has 1 saturated carbocycles. The quantitative estimate of drug-likeness (QED) is 0.212. The maximum absolute atomic E-state index is 13.6. The maximum Gasteiger partial charge on any atom is 0.258 e. The van der Waals surface area contributed by atoms with E-state index in [2.05, 4.69) is 40.9 Å². The summed E-state index contributed by atoms with van der Waals surface area (Å²) in [5.74, 6) is 0.832. The lowest BCUT2D eigenvalue weighted by Gasteiger charge is -2.38. The van der Waals surface area contributed by atoms with Crippen molar-refractivity contribution in [3.8, 4) is 5.82 Å². The van der Waals surface area contributed by atoms with Crippen LogP contribution in [-0.4, -0.2) is 58.5 Å². The maximum atomic E-state index is 13.6. The van der Waals surface area contributed by atoms with Gasteiger partial charge in [-0.25, -0.2) is 24.0 Å². The highest BCUT2D eigenvalue weighted by atomic mass is 19.1. The Kier molecular flexibility index (Phi) is 7.44. The molecule has 0 spiro atoms. The van der Waals surface area contributed by atoms with Gasteiger partial charge in [0.25, 0.3) is 11.5 Å². The first-order valence-corrected chi connectivity index (χ1v) is 13.9. The van der Waals surface area contributed by atoms with Gasteiger partial charge in [-0.1, -0.05) is 6.07 Å². The topological polar surface area (TPSA) is 168 Å². The summed E-state index contributed by atoms with van der Waals surface area (Å²) in [6.07, 6.45) is 7.49. The number of carbonyl (C=O) groups is 1. The minimum Gasteiger partial charge on any atom is -0.368 e. The van der Waals surface area contributed by atoms with E-state index in [4.69, 9.17) is 9.72 Å². The molecule has 5 aromatic heterocycles. The van der Waals surface area contributed by atoms with Crippen LogP contribution in [0.4, 0.5) is 16.0 Å². The molecule has 4 N–H and O–H groups in total. The van der Waals surface area contributed by atoms with Gasteiger partial charge in [0.15, 0.2) is 17.5 Å². The summed E-state index contributed by atoms with van der Waals surface area (Å²) in [6.45, 7) is 3.77. The number of nitrogens with one attached hydrogen (secondary N) is 4. The molecule has 5 heterocycles. The van der Waals surface area contributed by atoms with E-state index in [1.54, 1.807) is 25.4 Å². The first-order valence-electron chi connectivity index (χ1n) is 13.9. The Balaban J connectivity index is 1.18. The third-order valence-electron chi connectivity index (χ3n) is 8.00. The molecule has 0 aliphatic heterocycles. The number of pyridine rings is 2. The van der Waals surface area contributed by atoms with Crippen molar-refractivity contribution >= 4 is 28.4 Å². The Morgan fingerprint density at radius 3 is 2.65 bits per heavy atom.